The number of rotatable bonds is 2. The first-order valence-electron chi connectivity index (χ1n) is 5.98. The standard InChI is InChI=1S/C14H15F3O/c1-9(2)13(8-18)6-5-10-7-11(14(15,16)17)3-4-12(10)13/h3-4,7-9H,5-6H2,1-2H3/t13-/m1/s1. The van der Waals surface area contributed by atoms with Crippen LogP contribution in [-0.4, -0.2) is 6.29 Å². The van der Waals surface area contributed by atoms with Crippen molar-refractivity contribution in [3.63, 3.8) is 0 Å². The van der Waals surface area contributed by atoms with Gasteiger partial charge in [0.25, 0.3) is 0 Å². The van der Waals surface area contributed by atoms with Gasteiger partial charge in [0.1, 0.15) is 6.29 Å². The Morgan fingerprint density at radius 3 is 2.50 bits per heavy atom. The van der Waals surface area contributed by atoms with Crippen LogP contribution in [0.2, 0.25) is 0 Å². The number of fused-ring (bicyclic) bond motifs is 1. The summed E-state index contributed by atoms with van der Waals surface area (Å²) >= 11 is 0. The molecule has 1 aliphatic carbocycles. The van der Waals surface area contributed by atoms with Gasteiger partial charge in [-0.05, 0) is 42.0 Å². The summed E-state index contributed by atoms with van der Waals surface area (Å²) in [5.74, 6) is 0.0907. The van der Waals surface area contributed by atoms with Crippen LogP contribution in [0.5, 0.6) is 0 Å². The average Bonchev–Trinajstić information content (AvgIpc) is 2.66. The van der Waals surface area contributed by atoms with E-state index < -0.39 is 17.2 Å². The van der Waals surface area contributed by atoms with Crippen molar-refractivity contribution in [1.29, 1.82) is 0 Å². The molecule has 0 heterocycles. The Bertz CT molecular complexity index is 476. The SMILES string of the molecule is CC(C)[C@]1(C=O)CCc2cc(C(F)(F)F)ccc21. The normalized spacial score (nSPS) is 23.2. The maximum atomic E-state index is 12.6. The predicted octanol–water partition coefficient (Wildman–Crippen LogP) is 3.74. The molecular formula is C14H15F3O. The van der Waals surface area contributed by atoms with E-state index >= 15 is 0 Å². The number of carbonyl (C=O) groups excluding carboxylic acids is 1. The van der Waals surface area contributed by atoms with Crippen molar-refractivity contribution in [1.82, 2.24) is 0 Å². The molecular weight excluding hydrogens is 241 g/mol. The van der Waals surface area contributed by atoms with Crippen LogP contribution in [0.25, 0.3) is 0 Å². The molecule has 2 rings (SSSR count). The van der Waals surface area contributed by atoms with Gasteiger partial charge >= 0.3 is 6.18 Å². The van der Waals surface area contributed by atoms with Gasteiger partial charge in [-0.2, -0.15) is 13.2 Å². The number of carbonyl (C=O) groups is 1. The van der Waals surface area contributed by atoms with E-state index in [1.54, 1.807) is 0 Å². The molecule has 1 aromatic rings. The van der Waals surface area contributed by atoms with Crippen molar-refractivity contribution < 1.29 is 18.0 Å². The minimum absolute atomic E-state index is 0.0907. The van der Waals surface area contributed by atoms with Crippen molar-refractivity contribution in [3.8, 4) is 0 Å². The highest BCUT2D eigenvalue weighted by molar-refractivity contribution is 5.72. The second kappa shape index (κ2) is 4.11. The Hall–Kier alpha value is -1.32. The van der Waals surface area contributed by atoms with Crippen LogP contribution in [0, 0.1) is 5.92 Å². The van der Waals surface area contributed by atoms with E-state index in [4.69, 9.17) is 0 Å². The number of hydrogen-bond acceptors (Lipinski definition) is 1. The lowest BCUT2D eigenvalue weighted by Gasteiger charge is -2.28. The number of benzene rings is 1. The van der Waals surface area contributed by atoms with Gasteiger partial charge in [0.15, 0.2) is 0 Å². The molecule has 0 saturated carbocycles. The van der Waals surface area contributed by atoms with Gasteiger partial charge in [-0.15, -0.1) is 0 Å². The molecule has 0 aliphatic heterocycles. The van der Waals surface area contributed by atoms with Crippen molar-refractivity contribution >= 4 is 6.29 Å². The van der Waals surface area contributed by atoms with E-state index in [-0.39, 0.29) is 5.92 Å². The van der Waals surface area contributed by atoms with Crippen molar-refractivity contribution in [2.45, 2.75) is 38.3 Å². The zero-order valence-electron chi connectivity index (χ0n) is 10.3. The number of aryl methyl sites for hydroxylation is 1. The fourth-order valence-corrected chi connectivity index (χ4v) is 2.77. The molecule has 98 valence electrons. The number of halogens is 3. The summed E-state index contributed by atoms with van der Waals surface area (Å²) in [5, 5.41) is 0. The fourth-order valence-electron chi connectivity index (χ4n) is 2.77. The molecule has 0 fully saturated rings. The lowest BCUT2D eigenvalue weighted by molar-refractivity contribution is -0.137. The van der Waals surface area contributed by atoms with Gasteiger partial charge in [-0.3, -0.25) is 0 Å². The van der Waals surface area contributed by atoms with Crippen LogP contribution in [0.3, 0.4) is 0 Å². The number of alkyl halides is 3. The monoisotopic (exact) mass is 256 g/mol. The van der Waals surface area contributed by atoms with E-state index in [1.807, 2.05) is 13.8 Å². The molecule has 0 spiro atoms. The Balaban J connectivity index is 2.51. The Morgan fingerprint density at radius 2 is 2.00 bits per heavy atom. The smallest absolute Gasteiger partial charge is 0.302 e. The number of hydrogen-bond donors (Lipinski definition) is 0. The highest BCUT2D eigenvalue weighted by Crippen LogP contribution is 2.44. The Labute approximate surface area is 104 Å². The predicted molar refractivity (Wildman–Crippen MR) is 62.3 cm³/mol. The van der Waals surface area contributed by atoms with Crippen LogP contribution in [-0.2, 0) is 22.8 Å². The second-order valence-electron chi connectivity index (χ2n) is 5.18. The highest BCUT2D eigenvalue weighted by Gasteiger charge is 2.42. The molecule has 1 nitrogen and oxygen atoms in total. The molecule has 4 heteroatoms. The van der Waals surface area contributed by atoms with Gasteiger partial charge < -0.3 is 4.79 Å². The summed E-state index contributed by atoms with van der Waals surface area (Å²) in [6, 6.07) is 3.73. The van der Waals surface area contributed by atoms with E-state index in [0.29, 0.717) is 18.4 Å². The van der Waals surface area contributed by atoms with Gasteiger partial charge in [-0.1, -0.05) is 19.9 Å². The third kappa shape index (κ3) is 1.84. The molecule has 1 atom stereocenters. The zero-order chi connectivity index (χ0) is 13.6. The highest BCUT2D eigenvalue weighted by atomic mass is 19.4. The maximum absolute atomic E-state index is 12.6. The minimum Gasteiger partial charge on any atom is -0.302 e. The van der Waals surface area contributed by atoms with Gasteiger partial charge in [0.05, 0.1) is 11.0 Å². The van der Waals surface area contributed by atoms with E-state index in [9.17, 15) is 18.0 Å². The molecule has 1 aliphatic rings. The number of aldehydes is 1. The van der Waals surface area contributed by atoms with E-state index in [1.165, 1.54) is 12.1 Å². The first kappa shape index (κ1) is 13.1. The summed E-state index contributed by atoms with van der Waals surface area (Å²) in [6.07, 6.45) is -2.28. The minimum atomic E-state index is -4.32. The van der Waals surface area contributed by atoms with Crippen LogP contribution in [0.4, 0.5) is 13.2 Å². The van der Waals surface area contributed by atoms with Gasteiger partial charge in [0.2, 0.25) is 0 Å². The molecule has 0 bridgehead atoms. The summed E-state index contributed by atoms with van der Waals surface area (Å²) in [5.41, 5.74) is 0.178. The lowest BCUT2D eigenvalue weighted by Crippen LogP contribution is -2.31. The summed E-state index contributed by atoms with van der Waals surface area (Å²) in [4.78, 5) is 11.4. The third-order valence-electron chi connectivity index (χ3n) is 3.98. The van der Waals surface area contributed by atoms with E-state index in [0.717, 1.165) is 17.9 Å². The summed E-state index contributed by atoms with van der Waals surface area (Å²) in [7, 11) is 0. The van der Waals surface area contributed by atoms with Crippen LogP contribution in [0.15, 0.2) is 18.2 Å². The molecule has 0 saturated heterocycles. The van der Waals surface area contributed by atoms with E-state index in [2.05, 4.69) is 0 Å². The van der Waals surface area contributed by atoms with Crippen molar-refractivity contribution in [2.75, 3.05) is 0 Å². The first-order valence-corrected chi connectivity index (χ1v) is 5.98. The summed E-state index contributed by atoms with van der Waals surface area (Å²) in [6.45, 7) is 3.86. The van der Waals surface area contributed by atoms with Crippen LogP contribution >= 0.6 is 0 Å². The van der Waals surface area contributed by atoms with Gasteiger partial charge in [-0.25, -0.2) is 0 Å². The topological polar surface area (TPSA) is 17.1 Å². The lowest BCUT2D eigenvalue weighted by atomic mass is 9.74. The zero-order valence-corrected chi connectivity index (χ0v) is 10.3. The molecule has 0 N–H and O–H groups in total. The molecule has 0 radical (unpaired) electrons. The van der Waals surface area contributed by atoms with Crippen LogP contribution < -0.4 is 0 Å². The maximum Gasteiger partial charge on any atom is 0.416 e. The molecule has 0 aromatic heterocycles. The average molecular weight is 256 g/mol. The molecule has 18 heavy (non-hydrogen) atoms. The van der Waals surface area contributed by atoms with Crippen molar-refractivity contribution in [3.05, 3.63) is 34.9 Å². The Kier molecular flexibility index (Phi) is 2.99. The quantitative estimate of drug-likeness (QED) is 0.737. The second-order valence-corrected chi connectivity index (χ2v) is 5.18. The molecule has 0 unspecified atom stereocenters. The van der Waals surface area contributed by atoms with Crippen LogP contribution in [0.1, 0.15) is 37.0 Å². The van der Waals surface area contributed by atoms with Crippen molar-refractivity contribution in [2.24, 2.45) is 5.92 Å². The largest absolute Gasteiger partial charge is 0.416 e. The third-order valence-corrected chi connectivity index (χ3v) is 3.98. The molecule has 0 amide bonds. The summed E-state index contributed by atoms with van der Waals surface area (Å²) < 4.78 is 37.9. The molecule has 1 aromatic carbocycles. The Morgan fingerprint density at radius 1 is 1.33 bits per heavy atom. The van der Waals surface area contributed by atoms with Gasteiger partial charge in [0, 0.05) is 0 Å². The first-order chi connectivity index (χ1) is 8.31. The fraction of sp³-hybridized carbons (Fsp3) is 0.500.